The van der Waals surface area contributed by atoms with E-state index in [4.69, 9.17) is 37.8 Å². The molecule has 13 heteroatoms. The molecule has 2 atom stereocenters. The Morgan fingerprint density at radius 2 is 1.76 bits per heavy atom. The number of nitrogens with zero attached hydrogens (tertiary/aromatic N) is 2. The fourth-order valence-corrected chi connectivity index (χ4v) is 4.23. The van der Waals surface area contributed by atoms with Crippen LogP contribution in [-0.4, -0.2) is 98.3 Å². The molecular formula is C25H35ClN4O8. The Bertz CT molecular complexity index is 1120. The number of nitrogen functional groups attached to an aromatic ring is 1. The fraction of sp³-hybridized carbons (Fsp3) is 0.520. The molecular weight excluding hydrogens is 520 g/mol. The van der Waals surface area contributed by atoms with Gasteiger partial charge in [0.25, 0.3) is 5.91 Å². The van der Waals surface area contributed by atoms with Gasteiger partial charge in [-0.25, -0.2) is 9.59 Å². The summed E-state index contributed by atoms with van der Waals surface area (Å²) in [5.41, 5.74) is 7.41. The first-order chi connectivity index (χ1) is 17.8. The lowest BCUT2D eigenvalue weighted by molar-refractivity contribution is -0.165. The van der Waals surface area contributed by atoms with Crippen molar-refractivity contribution in [3.05, 3.63) is 35.0 Å². The maximum atomic E-state index is 12.8. The van der Waals surface area contributed by atoms with Crippen molar-refractivity contribution in [2.75, 3.05) is 38.5 Å². The molecule has 0 bridgehead atoms. The lowest BCUT2D eigenvalue weighted by Crippen LogP contribution is -2.43. The smallest absolute Gasteiger partial charge is 0.335 e. The molecule has 38 heavy (non-hydrogen) atoms. The summed E-state index contributed by atoms with van der Waals surface area (Å²) in [5, 5.41) is 46.1. The molecule has 1 aliphatic rings. The van der Waals surface area contributed by atoms with Gasteiger partial charge in [-0.05, 0) is 50.0 Å². The van der Waals surface area contributed by atoms with Crippen LogP contribution in [0.3, 0.4) is 0 Å². The van der Waals surface area contributed by atoms with E-state index >= 15 is 0 Å². The molecule has 0 spiro atoms. The highest BCUT2D eigenvalue weighted by Crippen LogP contribution is 2.30. The van der Waals surface area contributed by atoms with Gasteiger partial charge in [0.2, 0.25) is 0 Å². The zero-order valence-corrected chi connectivity index (χ0v) is 22.1. The fourth-order valence-electron chi connectivity index (χ4n) is 4.02. The molecule has 1 fully saturated rings. The zero-order valence-electron chi connectivity index (χ0n) is 21.3. The van der Waals surface area contributed by atoms with Crippen LogP contribution in [0.2, 0.25) is 5.02 Å². The number of carboxylic acid groups (broad SMARTS) is 2. The first-order valence-corrected chi connectivity index (χ1v) is 12.4. The van der Waals surface area contributed by atoms with Gasteiger partial charge in [0.1, 0.15) is 0 Å². The van der Waals surface area contributed by atoms with Crippen LogP contribution in [0.5, 0.6) is 0 Å². The van der Waals surface area contributed by atoms with Crippen molar-refractivity contribution in [1.82, 2.24) is 15.2 Å². The highest BCUT2D eigenvalue weighted by molar-refractivity contribution is 6.35. The number of carbonyl (C=O) groups is 3. The molecule has 2 aromatic rings. The second kappa shape index (κ2) is 13.7. The number of benzene rings is 1. The Hall–Kier alpha value is -3.03. The number of aliphatic carboxylic acids is 2. The number of aliphatic hydroxyl groups is 3. The molecule has 0 aliphatic carbocycles. The number of fused-ring (bicyclic) bond motifs is 1. The van der Waals surface area contributed by atoms with Gasteiger partial charge in [-0.1, -0.05) is 25.4 Å². The molecule has 0 radical (unpaired) electrons. The first kappa shape index (κ1) is 31.2. The number of carboxylic acids is 2. The number of aliphatic hydroxyl groups excluding tert-OH is 3. The minimum Gasteiger partial charge on any atom is -0.479 e. The minimum atomic E-state index is -2.27. The van der Waals surface area contributed by atoms with Crippen molar-refractivity contribution in [3.8, 4) is 0 Å². The van der Waals surface area contributed by atoms with E-state index in [1.54, 1.807) is 18.3 Å². The van der Waals surface area contributed by atoms with Crippen LogP contribution in [-0.2, 0) is 9.59 Å². The molecule has 3 rings (SSSR count). The SMILES string of the molecule is CC(C)(CO)CN1CCC(CNC(=O)c2cc(Cl)c(N)c3cccnc23)CC1.O=C(O)C(O)C(O)C(=O)O. The number of anilines is 1. The minimum absolute atomic E-state index is 0.0798. The van der Waals surface area contributed by atoms with Gasteiger partial charge in [-0.3, -0.25) is 9.78 Å². The number of nitrogens with two attached hydrogens (primary N) is 1. The summed E-state index contributed by atoms with van der Waals surface area (Å²) in [6.45, 7) is 7.85. The molecule has 12 nitrogen and oxygen atoms in total. The van der Waals surface area contributed by atoms with Gasteiger partial charge < -0.3 is 41.5 Å². The lowest BCUT2D eigenvalue weighted by atomic mass is 9.91. The van der Waals surface area contributed by atoms with Crippen molar-refractivity contribution in [1.29, 1.82) is 0 Å². The van der Waals surface area contributed by atoms with E-state index in [9.17, 15) is 19.5 Å². The maximum Gasteiger partial charge on any atom is 0.335 e. The summed E-state index contributed by atoms with van der Waals surface area (Å²) in [5.74, 6) is -3.26. The van der Waals surface area contributed by atoms with Gasteiger partial charge in [-0.2, -0.15) is 0 Å². The number of hydrogen-bond donors (Lipinski definition) is 7. The topological polar surface area (TPSA) is 207 Å². The predicted octanol–water partition coefficient (Wildman–Crippen LogP) is 0.808. The summed E-state index contributed by atoms with van der Waals surface area (Å²) in [6, 6.07) is 5.20. The predicted molar refractivity (Wildman–Crippen MR) is 141 cm³/mol. The summed E-state index contributed by atoms with van der Waals surface area (Å²) >= 11 is 6.21. The number of nitrogens with one attached hydrogen (secondary N) is 1. The van der Waals surface area contributed by atoms with Gasteiger partial charge in [0, 0.05) is 36.7 Å². The molecule has 0 saturated carbocycles. The number of piperidine rings is 1. The first-order valence-electron chi connectivity index (χ1n) is 12.0. The highest BCUT2D eigenvalue weighted by atomic mass is 35.5. The summed E-state index contributed by atoms with van der Waals surface area (Å²) in [6.07, 6.45) is -0.821. The lowest BCUT2D eigenvalue weighted by Gasteiger charge is -2.36. The molecule has 8 N–H and O–H groups in total. The normalized spacial score (nSPS) is 16.3. The Kier molecular flexibility index (Phi) is 11.2. The van der Waals surface area contributed by atoms with Crippen LogP contribution in [0.15, 0.2) is 24.4 Å². The van der Waals surface area contributed by atoms with Crippen molar-refractivity contribution in [3.63, 3.8) is 0 Å². The van der Waals surface area contributed by atoms with E-state index in [0.717, 1.165) is 32.5 Å². The Morgan fingerprint density at radius 3 is 2.29 bits per heavy atom. The number of aromatic nitrogens is 1. The number of rotatable bonds is 9. The monoisotopic (exact) mass is 554 g/mol. The third kappa shape index (κ3) is 8.50. The Labute approximate surface area is 225 Å². The van der Waals surface area contributed by atoms with E-state index < -0.39 is 24.1 Å². The van der Waals surface area contributed by atoms with Crippen molar-refractivity contribution < 1.29 is 39.9 Å². The number of likely N-dealkylation sites (tertiary alicyclic amines) is 1. The Balaban J connectivity index is 0.000000432. The van der Waals surface area contributed by atoms with E-state index in [1.807, 2.05) is 6.07 Å². The molecule has 1 aromatic heterocycles. The molecule has 210 valence electrons. The second-order valence-electron chi connectivity index (χ2n) is 10.0. The van der Waals surface area contributed by atoms with Crippen LogP contribution in [0.25, 0.3) is 10.9 Å². The van der Waals surface area contributed by atoms with Crippen molar-refractivity contribution >= 4 is 46.0 Å². The van der Waals surface area contributed by atoms with Gasteiger partial charge in [-0.15, -0.1) is 0 Å². The molecule has 2 unspecified atom stereocenters. The van der Waals surface area contributed by atoms with Crippen LogP contribution in [0.4, 0.5) is 5.69 Å². The quantitative estimate of drug-likeness (QED) is 0.216. The van der Waals surface area contributed by atoms with Crippen molar-refractivity contribution in [2.24, 2.45) is 11.3 Å². The molecule has 1 aliphatic heterocycles. The number of carbonyl (C=O) groups excluding carboxylic acids is 1. The third-order valence-electron chi connectivity index (χ3n) is 6.27. The number of pyridine rings is 1. The number of amides is 1. The largest absolute Gasteiger partial charge is 0.479 e. The number of halogens is 1. The van der Waals surface area contributed by atoms with Crippen LogP contribution < -0.4 is 11.1 Å². The molecule has 1 saturated heterocycles. The average Bonchev–Trinajstić information content (AvgIpc) is 2.89. The van der Waals surface area contributed by atoms with E-state index in [0.29, 0.717) is 39.6 Å². The molecule has 1 aromatic carbocycles. The standard InChI is InChI=1S/C21H29ClN4O2.C4H6O6/c1-21(2,13-27)12-26-8-5-14(6-9-26)11-25-20(28)16-10-17(22)18(23)15-4-3-7-24-19(15)16;5-1(3(7)8)2(6)4(9)10/h3-4,7,10,14,27H,5-6,8-9,11-13,23H2,1-2H3,(H,25,28);1-2,5-6H,(H,7,8)(H,9,10). The Morgan fingerprint density at radius 1 is 1.18 bits per heavy atom. The van der Waals surface area contributed by atoms with Crippen molar-refractivity contribution in [2.45, 2.75) is 38.9 Å². The molecule has 2 heterocycles. The van der Waals surface area contributed by atoms with Crippen LogP contribution in [0.1, 0.15) is 37.0 Å². The van der Waals surface area contributed by atoms with Crippen LogP contribution in [0, 0.1) is 11.3 Å². The van der Waals surface area contributed by atoms with E-state index in [1.165, 1.54) is 0 Å². The van der Waals surface area contributed by atoms with E-state index in [2.05, 4.69) is 29.0 Å². The van der Waals surface area contributed by atoms with E-state index in [-0.39, 0.29) is 17.9 Å². The summed E-state index contributed by atoms with van der Waals surface area (Å²) in [4.78, 5) is 39.0. The van der Waals surface area contributed by atoms with Crippen LogP contribution >= 0.6 is 11.6 Å². The average molecular weight is 555 g/mol. The number of hydrogen-bond acceptors (Lipinski definition) is 9. The van der Waals surface area contributed by atoms with Gasteiger partial charge in [0.05, 0.1) is 21.8 Å². The molecule has 1 amide bonds. The van der Waals surface area contributed by atoms with Gasteiger partial charge >= 0.3 is 11.9 Å². The maximum absolute atomic E-state index is 12.8. The third-order valence-corrected chi connectivity index (χ3v) is 6.58. The zero-order chi connectivity index (χ0) is 28.6. The highest BCUT2D eigenvalue weighted by Gasteiger charge is 2.29. The second-order valence-corrected chi connectivity index (χ2v) is 10.4. The van der Waals surface area contributed by atoms with Gasteiger partial charge in [0.15, 0.2) is 12.2 Å². The summed E-state index contributed by atoms with van der Waals surface area (Å²) < 4.78 is 0. The summed E-state index contributed by atoms with van der Waals surface area (Å²) in [7, 11) is 0.